The van der Waals surface area contributed by atoms with Crippen molar-refractivity contribution < 1.29 is 14.6 Å². The zero-order valence-corrected chi connectivity index (χ0v) is 12.9. The molecular formula is C16H30O3. The first-order valence-electron chi connectivity index (χ1n) is 7.42. The molecular weight excluding hydrogens is 240 g/mol. The van der Waals surface area contributed by atoms with Gasteiger partial charge in [0.1, 0.15) is 0 Å². The molecule has 1 N–H and O–H groups in total. The van der Waals surface area contributed by atoms with E-state index in [1.807, 2.05) is 6.08 Å². The highest BCUT2D eigenvalue weighted by Gasteiger charge is 2.44. The highest BCUT2D eigenvalue weighted by Crippen LogP contribution is 2.42. The molecule has 0 spiro atoms. The lowest BCUT2D eigenvalue weighted by Crippen LogP contribution is -2.51. The van der Waals surface area contributed by atoms with Gasteiger partial charge in [-0.15, -0.1) is 6.58 Å². The monoisotopic (exact) mass is 270 g/mol. The van der Waals surface area contributed by atoms with Crippen LogP contribution in [0, 0.1) is 5.92 Å². The van der Waals surface area contributed by atoms with E-state index < -0.39 is 6.10 Å². The number of aliphatic hydroxyl groups is 1. The van der Waals surface area contributed by atoms with E-state index in [9.17, 15) is 5.11 Å². The van der Waals surface area contributed by atoms with Gasteiger partial charge >= 0.3 is 0 Å². The van der Waals surface area contributed by atoms with Crippen LogP contribution in [0.3, 0.4) is 0 Å². The molecule has 1 saturated carbocycles. The average molecular weight is 270 g/mol. The molecule has 4 atom stereocenters. The Labute approximate surface area is 118 Å². The second-order valence-electron chi connectivity index (χ2n) is 6.32. The second kappa shape index (κ2) is 6.87. The van der Waals surface area contributed by atoms with Crippen molar-refractivity contribution in [1.29, 1.82) is 0 Å². The molecule has 1 rings (SSSR count). The fourth-order valence-corrected chi connectivity index (χ4v) is 2.43. The van der Waals surface area contributed by atoms with Crippen LogP contribution in [-0.2, 0) is 9.47 Å². The predicted molar refractivity (Wildman–Crippen MR) is 78.2 cm³/mol. The van der Waals surface area contributed by atoms with Crippen LogP contribution < -0.4 is 0 Å². The van der Waals surface area contributed by atoms with Crippen molar-refractivity contribution in [3.63, 3.8) is 0 Å². The first-order chi connectivity index (χ1) is 8.85. The molecule has 3 heteroatoms. The third kappa shape index (κ3) is 4.59. The summed E-state index contributed by atoms with van der Waals surface area (Å²) < 4.78 is 12.0. The SMILES string of the molecule is C=CCC(C)(CC)OCC1CCC1(C)OCC(C)O. The lowest BCUT2D eigenvalue weighted by molar-refractivity contribution is -0.180. The van der Waals surface area contributed by atoms with Crippen molar-refractivity contribution in [2.45, 2.75) is 70.7 Å². The van der Waals surface area contributed by atoms with Gasteiger partial charge in [0.2, 0.25) is 0 Å². The van der Waals surface area contributed by atoms with Crippen molar-refractivity contribution in [3.05, 3.63) is 12.7 Å². The Morgan fingerprint density at radius 2 is 2.26 bits per heavy atom. The summed E-state index contributed by atoms with van der Waals surface area (Å²) >= 11 is 0. The summed E-state index contributed by atoms with van der Waals surface area (Å²) in [7, 11) is 0. The molecule has 1 aliphatic rings. The van der Waals surface area contributed by atoms with Gasteiger partial charge in [0, 0.05) is 5.92 Å². The zero-order chi connectivity index (χ0) is 14.5. The minimum absolute atomic E-state index is 0.109. The van der Waals surface area contributed by atoms with E-state index in [0.29, 0.717) is 12.5 Å². The van der Waals surface area contributed by atoms with Gasteiger partial charge in [-0.2, -0.15) is 0 Å². The molecule has 1 aliphatic carbocycles. The number of aliphatic hydroxyl groups excluding tert-OH is 1. The summed E-state index contributed by atoms with van der Waals surface area (Å²) in [5, 5.41) is 9.32. The van der Waals surface area contributed by atoms with E-state index in [0.717, 1.165) is 32.3 Å². The van der Waals surface area contributed by atoms with Gasteiger partial charge in [0.15, 0.2) is 0 Å². The van der Waals surface area contributed by atoms with Gasteiger partial charge in [0.25, 0.3) is 0 Å². The van der Waals surface area contributed by atoms with E-state index in [4.69, 9.17) is 9.47 Å². The highest BCUT2D eigenvalue weighted by molar-refractivity contribution is 4.95. The minimum atomic E-state index is -0.402. The summed E-state index contributed by atoms with van der Waals surface area (Å²) in [5.74, 6) is 0.432. The number of rotatable bonds is 9. The maximum Gasteiger partial charge on any atom is 0.0745 e. The molecule has 0 aliphatic heterocycles. The number of hydrogen-bond donors (Lipinski definition) is 1. The van der Waals surface area contributed by atoms with Gasteiger partial charge < -0.3 is 14.6 Å². The molecule has 0 bridgehead atoms. The van der Waals surface area contributed by atoms with Gasteiger partial charge in [-0.25, -0.2) is 0 Å². The smallest absolute Gasteiger partial charge is 0.0745 e. The van der Waals surface area contributed by atoms with Crippen molar-refractivity contribution >= 4 is 0 Å². The Balaban J connectivity index is 2.42. The Morgan fingerprint density at radius 3 is 2.68 bits per heavy atom. The lowest BCUT2D eigenvalue weighted by Gasteiger charge is -2.48. The van der Waals surface area contributed by atoms with Crippen molar-refractivity contribution in [2.24, 2.45) is 5.92 Å². The topological polar surface area (TPSA) is 38.7 Å². The Hall–Kier alpha value is -0.380. The third-order valence-electron chi connectivity index (χ3n) is 4.46. The largest absolute Gasteiger partial charge is 0.391 e. The molecule has 1 fully saturated rings. The molecule has 0 aromatic carbocycles. The first kappa shape index (κ1) is 16.7. The second-order valence-corrected chi connectivity index (χ2v) is 6.32. The molecule has 19 heavy (non-hydrogen) atoms. The molecule has 0 radical (unpaired) electrons. The summed E-state index contributed by atoms with van der Waals surface area (Å²) in [6.07, 6.45) is 5.58. The normalized spacial score (nSPS) is 31.3. The van der Waals surface area contributed by atoms with E-state index in [1.54, 1.807) is 6.92 Å². The zero-order valence-electron chi connectivity index (χ0n) is 12.9. The predicted octanol–water partition coefficient (Wildman–Crippen LogP) is 3.31. The average Bonchev–Trinajstić information content (AvgIpc) is 2.35. The van der Waals surface area contributed by atoms with Gasteiger partial charge in [-0.3, -0.25) is 0 Å². The number of ether oxygens (including phenoxy) is 2. The maximum atomic E-state index is 9.32. The molecule has 0 aromatic rings. The van der Waals surface area contributed by atoms with E-state index in [2.05, 4.69) is 27.4 Å². The quantitative estimate of drug-likeness (QED) is 0.653. The van der Waals surface area contributed by atoms with E-state index in [1.165, 1.54) is 0 Å². The minimum Gasteiger partial charge on any atom is -0.391 e. The Morgan fingerprint density at radius 1 is 1.58 bits per heavy atom. The van der Waals surface area contributed by atoms with Crippen LogP contribution in [0.1, 0.15) is 53.4 Å². The number of hydrogen-bond acceptors (Lipinski definition) is 3. The molecule has 112 valence electrons. The highest BCUT2D eigenvalue weighted by atomic mass is 16.5. The maximum absolute atomic E-state index is 9.32. The van der Waals surface area contributed by atoms with Crippen LogP contribution in [0.5, 0.6) is 0 Å². The summed E-state index contributed by atoms with van der Waals surface area (Å²) in [6, 6.07) is 0. The molecule has 4 unspecified atom stereocenters. The van der Waals surface area contributed by atoms with Gasteiger partial charge in [-0.05, 0) is 46.5 Å². The van der Waals surface area contributed by atoms with Gasteiger partial charge in [-0.1, -0.05) is 13.0 Å². The summed E-state index contributed by atoms with van der Waals surface area (Å²) in [6.45, 7) is 13.1. The van der Waals surface area contributed by atoms with Crippen LogP contribution in [0.4, 0.5) is 0 Å². The molecule has 0 amide bonds. The molecule has 0 heterocycles. The fraction of sp³-hybridized carbons (Fsp3) is 0.875. The van der Waals surface area contributed by atoms with Crippen LogP contribution in [-0.4, -0.2) is 35.6 Å². The van der Waals surface area contributed by atoms with Crippen LogP contribution in [0.2, 0.25) is 0 Å². The van der Waals surface area contributed by atoms with Crippen LogP contribution >= 0.6 is 0 Å². The summed E-state index contributed by atoms with van der Waals surface area (Å²) in [5.41, 5.74) is -0.234. The molecule has 0 saturated heterocycles. The van der Waals surface area contributed by atoms with Crippen molar-refractivity contribution in [1.82, 2.24) is 0 Å². The van der Waals surface area contributed by atoms with E-state index >= 15 is 0 Å². The standard InChI is InChI=1S/C16H30O3/c1-6-9-15(4,7-2)18-12-14-8-10-16(14,5)19-11-13(3)17/h6,13-14,17H,1,7-12H2,2-5H3. The fourth-order valence-electron chi connectivity index (χ4n) is 2.43. The van der Waals surface area contributed by atoms with Crippen molar-refractivity contribution in [3.8, 4) is 0 Å². The summed E-state index contributed by atoms with van der Waals surface area (Å²) in [4.78, 5) is 0. The van der Waals surface area contributed by atoms with Crippen molar-refractivity contribution in [2.75, 3.05) is 13.2 Å². The Kier molecular flexibility index (Phi) is 6.03. The van der Waals surface area contributed by atoms with Gasteiger partial charge in [0.05, 0.1) is 30.5 Å². The first-order valence-corrected chi connectivity index (χ1v) is 7.42. The third-order valence-corrected chi connectivity index (χ3v) is 4.46. The lowest BCUT2D eigenvalue weighted by atomic mass is 9.70. The van der Waals surface area contributed by atoms with Crippen LogP contribution in [0.25, 0.3) is 0 Å². The molecule has 0 aromatic heterocycles. The molecule has 3 nitrogen and oxygen atoms in total. The van der Waals surface area contributed by atoms with E-state index in [-0.39, 0.29) is 11.2 Å². The van der Waals surface area contributed by atoms with Crippen LogP contribution in [0.15, 0.2) is 12.7 Å². The Bertz CT molecular complexity index is 290.